The lowest BCUT2D eigenvalue weighted by atomic mass is 10.0. The molecule has 7 nitrogen and oxygen atoms in total. The van der Waals surface area contributed by atoms with Gasteiger partial charge in [-0.15, -0.1) is 0 Å². The van der Waals surface area contributed by atoms with E-state index in [2.05, 4.69) is 15.3 Å². The van der Waals surface area contributed by atoms with Gasteiger partial charge in [-0.05, 0) is 37.5 Å². The molecule has 2 N–H and O–H groups in total. The summed E-state index contributed by atoms with van der Waals surface area (Å²) in [6.45, 7) is 7.90. The summed E-state index contributed by atoms with van der Waals surface area (Å²) in [5, 5.41) is 2.97. The highest BCUT2D eigenvalue weighted by molar-refractivity contribution is 6.12. The standard InChI is InChI=1S/C20H22N4O3/c1-5-24-17-16(19(26)23-20(24)27)13(10-15(21-17)11(2)3)18(25)22-14-9-7-6-8-12(14)4/h6-11H,5H2,1-4H3,(H,22,25)(H,23,26,27). The van der Waals surface area contributed by atoms with Gasteiger partial charge in [-0.3, -0.25) is 19.1 Å². The second kappa shape index (κ2) is 7.19. The molecule has 140 valence electrons. The number of hydrogen-bond donors (Lipinski definition) is 2. The first kappa shape index (κ1) is 18.6. The molecule has 2 aromatic heterocycles. The third-order valence-electron chi connectivity index (χ3n) is 4.51. The number of H-pyrrole nitrogens is 1. The van der Waals surface area contributed by atoms with E-state index < -0.39 is 17.2 Å². The molecule has 0 aliphatic heterocycles. The lowest BCUT2D eigenvalue weighted by Crippen LogP contribution is -2.32. The normalized spacial score (nSPS) is 11.1. The monoisotopic (exact) mass is 366 g/mol. The Morgan fingerprint density at radius 2 is 1.96 bits per heavy atom. The van der Waals surface area contributed by atoms with Gasteiger partial charge < -0.3 is 5.32 Å². The maximum absolute atomic E-state index is 13.0. The molecular formula is C20H22N4O3. The smallest absolute Gasteiger partial charge is 0.322 e. The van der Waals surface area contributed by atoms with E-state index in [4.69, 9.17) is 0 Å². The number of nitrogens with one attached hydrogen (secondary N) is 2. The van der Waals surface area contributed by atoms with Crippen LogP contribution in [-0.2, 0) is 6.54 Å². The van der Waals surface area contributed by atoms with Crippen LogP contribution in [0.25, 0.3) is 11.0 Å². The van der Waals surface area contributed by atoms with Crippen LogP contribution in [0, 0.1) is 6.92 Å². The van der Waals surface area contributed by atoms with Crippen LogP contribution >= 0.6 is 0 Å². The first-order chi connectivity index (χ1) is 12.8. The van der Waals surface area contributed by atoms with Gasteiger partial charge in [0.1, 0.15) is 0 Å². The Balaban J connectivity index is 2.28. The first-order valence-electron chi connectivity index (χ1n) is 8.88. The number of nitrogens with zero attached hydrogens (tertiary/aromatic N) is 2. The SMILES string of the molecule is CCn1c(=O)[nH]c(=O)c2c(C(=O)Nc3ccccc3C)cc(C(C)C)nc21. The first-order valence-corrected chi connectivity index (χ1v) is 8.88. The number of para-hydroxylation sites is 1. The van der Waals surface area contributed by atoms with E-state index in [1.54, 1.807) is 19.1 Å². The van der Waals surface area contributed by atoms with Gasteiger partial charge >= 0.3 is 5.69 Å². The topological polar surface area (TPSA) is 96.9 Å². The molecule has 0 spiro atoms. The molecule has 0 saturated heterocycles. The fraction of sp³-hybridized carbons (Fsp3) is 0.300. The van der Waals surface area contributed by atoms with Gasteiger partial charge in [0.15, 0.2) is 5.65 Å². The molecule has 3 aromatic rings. The van der Waals surface area contributed by atoms with Crippen molar-refractivity contribution in [2.75, 3.05) is 5.32 Å². The number of aryl methyl sites for hydroxylation is 2. The molecule has 0 atom stereocenters. The van der Waals surface area contributed by atoms with Gasteiger partial charge in [0, 0.05) is 17.9 Å². The van der Waals surface area contributed by atoms with Crippen molar-refractivity contribution in [1.29, 1.82) is 0 Å². The highest BCUT2D eigenvalue weighted by atomic mass is 16.2. The van der Waals surface area contributed by atoms with Crippen LogP contribution in [0.15, 0.2) is 39.9 Å². The van der Waals surface area contributed by atoms with Crippen molar-refractivity contribution in [1.82, 2.24) is 14.5 Å². The summed E-state index contributed by atoms with van der Waals surface area (Å²) in [7, 11) is 0. The Morgan fingerprint density at radius 1 is 1.26 bits per heavy atom. The number of aromatic amines is 1. The third kappa shape index (κ3) is 3.40. The van der Waals surface area contributed by atoms with Crippen molar-refractivity contribution in [3.05, 3.63) is 68.0 Å². The van der Waals surface area contributed by atoms with Crippen molar-refractivity contribution in [2.45, 2.75) is 40.2 Å². The molecule has 0 bridgehead atoms. The largest absolute Gasteiger partial charge is 0.329 e. The maximum atomic E-state index is 13.0. The number of aromatic nitrogens is 3. The Morgan fingerprint density at radius 3 is 2.59 bits per heavy atom. The molecule has 0 saturated carbocycles. The fourth-order valence-electron chi connectivity index (χ4n) is 2.96. The zero-order valence-electron chi connectivity index (χ0n) is 15.8. The summed E-state index contributed by atoms with van der Waals surface area (Å²) in [5.41, 5.74) is 1.50. The molecule has 1 aromatic carbocycles. The molecule has 1 amide bonds. The maximum Gasteiger partial charge on any atom is 0.329 e. The van der Waals surface area contributed by atoms with Crippen LogP contribution in [0.4, 0.5) is 5.69 Å². The number of carbonyl (C=O) groups is 1. The summed E-state index contributed by atoms with van der Waals surface area (Å²) in [6.07, 6.45) is 0. The van der Waals surface area contributed by atoms with E-state index in [0.717, 1.165) is 5.56 Å². The van der Waals surface area contributed by atoms with E-state index in [-0.39, 0.29) is 22.5 Å². The molecule has 2 heterocycles. The molecule has 0 radical (unpaired) electrons. The van der Waals surface area contributed by atoms with Crippen LogP contribution in [0.1, 0.15) is 48.3 Å². The van der Waals surface area contributed by atoms with E-state index in [1.165, 1.54) is 4.57 Å². The number of benzene rings is 1. The molecule has 0 fully saturated rings. The quantitative estimate of drug-likeness (QED) is 0.742. The van der Waals surface area contributed by atoms with Crippen molar-refractivity contribution < 1.29 is 4.79 Å². The zero-order valence-corrected chi connectivity index (χ0v) is 15.8. The summed E-state index contributed by atoms with van der Waals surface area (Å²) in [5.74, 6) is -0.385. The number of carbonyl (C=O) groups excluding carboxylic acids is 1. The van der Waals surface area contributed by atoms with Gasteiger partial charge in [0.25, 0.3) is 11.5 Å². The lowest BCUT2D eigenvalue weighted by Gasteiger charge is -2.14. The number of rotatable bonds is 4. The van der Waals surface area contributed by atoms with Gasteiger partial charge in [0.2, 0.25) is 0 Å². The van der Waals surface area contributed by atoms with E-state index in [9.17, 15) is 14.4 Å². The molecule has 7 heteroatoms. The number of amides is 1. The summed E-state index contributed by atoms with van der Waals surface area (Å²) in [4.78, 5) is 44.4. The second-order valence-electron chi connectivity index (χ2n) is 6.72. The van der Waals surface area contributed by atoms with Crippen LogP contribution in [0.3, 0.4) is 0 Å². The van der Waals surface area contributed by atoms with Crippen molar-refractivity contribution >= 4 is 22.6 Å². The summed E-state index contributed by atoms with van der Waals surface area (Å²) < 4.78 is 1.37. The minimum Gasteiger partial charge on any atom is -0.322 e. The predicted molar refractivity (Wildman–Crippen MR) is 106 cm³/mol. The van der Waals surface area contributed by atoms with Crippen molar-refractivity contribution in [2.24, 2.45) is 0 Å². The molecule has 0 aliphatic rings. The van der Waals surface area contributed by atoms with Crippen LogP contribution in [-0.4, -0.2) is 20.4 Å². The highest BCUT2D eigenvalue weighted by Gasteiger charge is 2.20. The van der Waals surface area contributed by atoms with Crippen LogP contribution in [0.2, 0.25) is 0 Å². The van der Waals surface area contributed by atoms with Gasteiger partial charge in [0.05, 0.1) is 10.9 Å². The van der Waals surface area contributed by atoms with Gasteiger partial charge in [-0.1, -0.05) is 32.0 Å². The molecule has 0 aliphatic carbocycles. The van der Waals surface area contributed by atoms with Crippen LogP contribution < -0.4 is 16.6 Å². The fourth-order valence-corrected chi connectivity index (χ4v) is 2.96. The van der Waals surface area contributed by atoms with E-state index in [1.807, 2.05) is 39.0 Å². The number of hydrogen-bond acceptors (Lipinski definition) is 4. The lowest BCUT2D eigenvalue weighted by molar-refractivity contribution is 0.102. The third-order valence-corrected chi connectivity index (χ3v) is 4.51. The Bertz CT molecular complexity index is 1140. The van der Waals surface area contributed by atoms with Crippen molar-refractivity contribution in [3.63, 3.8) is 0 Å². The minimum absolute atomic E-state index is 0.0270. The second-order valence-corrected chi connectivity index (χ2v) is 6.72. The molecule has 0 unspecified atom stereocenters. The molecule has 3 rings (SSSR count). The Kier molecular flexibility index (Phi) is 4.94. The minimum atomic E-state index is -0.613. The van der Waals surface area contributed by atoms with Crippen molar-refractivity contribution in [3.8, 4) is 0 Å². The average Bonchev–Trinajstić information content (AvgIpc) is 2.62. The Labute approximate surface area is 156 Å². The van der Waals surface area contributed by atoms with E-state index in [0.29, 0.717) is 17.9 Å². The predicted octanol–water partition coefficient (Wildman–Crippen LogP) is 2.79. The number of pyridine rings is 1. The zero-order chi connectivity index (χ0) is 19.7. The average molecular weight is 366 g/mol. The number of anilines is 1. The molecular weight excluding hydrogens is 344 g/mol. The van der Waals surface area contributed by atoms with E-state index >= 15 is 0 Å². The summed E-state index contributed by atoms with van der Waals surface area (Å²) in [6, 6.07) is 9.02. The Hall–Kier alpha value is -3.22. The molecule has 27 heavy (non-hydrogen) atoms. The number of fused-ring (bicyclic) bond motifs is 1. The van der Waals surface area contributed by atoms with Gasteiger partial charge in [-0.2, -0.15) is 0 Å². The summed E-state index contributed by atoms with van der Waals surface area (Å²) >= 11 is 0. The highest BCUT2D eigenvalue weighted by Crippen LogP contribution is 2.21. The van der Waals surface area contributed by atoms with Crippen LogP contribution in [0.5, 0.6) is 0 Å². The van der Waals surface area contributed by atoms with Gasteiger partial charge in [-0.25, -0.2) is 9.78 Å².